The van der Waals surface area contributed by atoms with Gasteiger partial charge >= 0.3 is 0 Å². The van der Waals surface area contributed by atoms with Gasteiger partial charge in [-0.1, -0.05) is 56.0 Å². The Morgan fingerprint density at radius 3 is 2.41 bits per heavy atom. The third kappa shape index (κ3) is 6.57. The number of piperidine rings is 1. The second-order valence-electron chi connectivity index (χ2n) is 10.2. The standard InChI is InChI=1S/C27H41N3O2/c31-26-20-24(21-30(26)25-11-6-1-2-7-12-25)27(32)28-15-8-16-29-17-13-23(14-18-29)19-22-9-4-3-5-10-22/h3-5,9-10,23-25H,1-2,6-8,11-21H2,(H,28,32)/t24-/m0/s1. The molecule has 3 aliphatic rings. The van der Waals surface area contributed by atoms with Crippen LogP contribution in [0.3, 0.4) is 0 Å². The van der Waals surface area contributed by atoms with Gasteiger partial charge in [0.1, 0.15) is 0 Å². The van der Waals surface area contributed by atoms with Gasteiger partial charge < -0.3 is 15.1 Å². The van der Waals surface area contributed by atoms with Gasteiger partial charge in [-0.15, -0.1) is 0 Å². The summed E-state index contributed by atoms with van der Waals surface area (Å²) in [6, 6.07) is 11.2. The van der Waals surface area contributed by atoms with Crippen molar-refractivity contribution >= 4 is 11.8 Å². The number of likely N-dealkylation sites (tertiary alicyclic amines) is 2. The number of carbonyl (C=O) groups excluding carboxylic acids is 2. The Morgan fingerprint density at radius 1 is 0.969 bits per heavy atom. The topological polar surface area (TPSA) is 52.7 Å². The molecule has 32 heavy (non-hydrogen) atoms. The molecule has 176 valence electrons. The molecule has 0 aromatic heterocycles. The quantitative estimate of drug-likeness (QED) is 0.492. The number of nitrogens with zero attached hydrogens (tertiary/aromatic N) is 2. The molecule has 5 nitrogen and oxygen atoms in total. The highest BCUT2D eigenvalue weighted by molar-refractivity contribution is 5.89. The molecule has 0 radical (unpaired) electrons. The first-order chi connectivity index (χ1) is 15.7. The summed E-state index contributed by atoms with van der Waals surface area (Å²) in [7, 11) is 0. The van der Waals surface area contributed by atoms with Crippen molar-refractivity contribution in [1.29, 1.82) is 0 Å². The lowest BCUT2D eigenvalue weighted by molar-refractivity contribution is -0.130. The van der Waals surface area contributed by atoms with Crippen molar-refractivity contribution in [3.05, 3.63) is 35.9 Å². The van der Waals surface area contributed by atoms with E-state index in [9.17, 15) is 9.59 Å². The van der Waals surface area contributed by atoms with Crippen LogP contribution in [0.1, 0.15) is 69.8 Å². The van der Waals surface area contributed by atoms with Crippen LogP contribution >= 0.6 is 0 Å². The molecule has 1 saturated carbocycles. The highest BCUT2D eigenvalue weighted by atomic mass is 16.2. The lowest BCUT2D eigenvalue weighted by atomic mass is 9.90. The number of carbonyl (C=O) groups is 2. The van der Waals surface area contributed by atoms with Crippen LogP contribution in [0.25, 0.3) is 0 Å². The SMILES string of the molecule is O=C(NCCCN1CCC(Cc2ccccc2)CC1)[C@H]1CC(=O)N(C2CCCCCC2)C1. The van der Waals surface area contributed by atoms with E-state index in [-0.39, 0.29) is 17.7 Å². The first kappa shape index (κ1) is 23.3. The smallest absolute Gasteiger partial charge is 0.225 e. The fourth-order valence-corrected chi connectivity index (χ4v) is 5.85. The van der Waals surface area contributed by atoms with Crippen LogP contribution in [-0.2, 0) is 16.0 Å². The Morgan fingerprint density at radius 2 is 1.69 bits per heavy atom. The van der Waals surface area contributed by atoms with Gasteiger partial charge in [0.05, 0.1) is 5.92 Å². The third-order valence-corrected chi connectivity index (χ3v) is 7.82. The zero-order chi connectivity index (χ0) is 22.2. The second-order valence-corrected chi connectivity index (χ2v) is 10.2. The highest BCUT2D eigenvalue weighted by Gasteiger charge is 2.37. The normalized spacial score (nSPS) is 23.9. The number of nitrogens with one attached hydrogen (secondary N) is 1. The molecule has 1 N–H and O–H groups in total. The summed E-state index contributed by atoms with van der Waals surface area (Å²) in [5.41, 5.74) is 1.46. The molecule has 1 aromatic rings. The summed E-state index contributed by atoms with van der Waals surface area (Å²) >= 11 is 0. The summed E-state index contributed by atoms with van der Waals surface area (Å²) < 4.78 is 0. The number of rotatable bonds is 8. The molecule has 0 bridgehead atoms. The molecular formula is C27H41N3O2. The van der Waals surface area contributed by atoms with E-state index in [4.69, 9.17) is 0 Å². The van der Waals surface area contributed by atoms with Gasteiger partial charge in [0.2, 0.25) is 11.8 Å². The molecule has 1 atom stereocenters. The van der Waals surface area contributed by atoms with Crippen molar-refractivity contribution in [2.75, 3.05) is 32.7 Å². The molecular weight excluding hydrogens is 398 g/mol. The predicted octanol–water partition coefficient (Wildman–Crippen LogP) is 4.02. The highest BCUT2D eigenvalue weighted by Crippen LogP contribution is 2.28. The van der Waals surface area contributed by atoms with Gasteiger partial charge in [0, 0.05) is 25.6 Å². The molecule has 4 rings (SSSR count). The minimum absolute atomic E-state index is 0.0797. The van der Waals surface area contributed by atoms with Crippen molar-refractivity contribution in [2.45, 2.75) is 76.7 Å². The first-order valence-corrected chi connectivity index (χ1v) is 13.0. The van der Waals surface area contributed by atoms with Crippen LogP contribution in [0.4, 0.5) is 0 Å². The summed E-state index contributed by atoms with van der Waals surface area (Å²) in [5, 5.41) is 3.12. The van der Waals surface area contributed by atoms with Gasteiger partial charge in [-0.3, -0.25) is 9.59 Å². The lowest BCUT2D eigenvalue weighted by Gasteiger charge is -2.32. The first-order valence-electron chi connectivity index (χ1n) is 13.0. The van der Waals surface area contributed by atoms with Gasteiger partial charge in [0.15, 0.2) is 0 Å². The van der Waals surface area contributed by atoms with Crippen molar-refractivity contribution < 1.29 is 9.59 Å². The molecule has 2 saturated heterocycles. The van der Waals surface area contributed by atoms with Crippen molar-refractivity contribution in [3.8, 4) is 0 Å². The second kappa shape index (κ2) is 11.8. The maximum Gasteiger partial charge on any atom is 0.225 e. The van der Waals surface area contributed by atoms with Gasteiger partial charge in [0.25, 0.3) is 0 Å². The van der Waals surface area contributed by atoms with Gasteiger partial charge in [-0.25, -0.2) is 0 Å². The van der Waals surface area contributed by atoms with E-state index in [1.807, 2.05) is 4.90 Å². The van der Waals surface area contributed by atoms with Crippen LogP contribution < -0.4 is 5.32 Å². The molecule has 2 aliphatic heterocycles. The fourth-order valence-electron chi connectivity index (χ4n) is 5.85. The Bertz CT molecular complexity index is 722. The number of amides is 2. The molecule has 1 aliphatic carbocycles. The van der Waals surface area contributed by atoms with E-state index in [1.54, 1.807) is 0 Å². The number of hydrogen-bond donors (Lipinski definition) is 1. The van der Waals surface area contributed by atoms with Crippen LogP contribution in [-0.4, -0.2) is 60.4 Å². The van der Waals surface area contributed by atoms with E-state index in [2.05, 4.69) is 40.5 Å². The molecule has 0 spiro atoms. The summed E-state index contributed by atoms with van der Waals surface area (Å²) in [6.07, 6.45) is 12.3. The summed E-state index contributed by atoms with van der Waals surface area (Å²) in [5.74, 6) is 0.913. The van der Waals surface area contributed by atoms with E-state index in [1.165, 1.54) is 63.6 Å². The third-order valence-electron chi connectivity index (χ3n) is 7.82. The Labute approximate surface area is 193 Å². The lowest BCUT2D eigenvalue weighted by Crippen LogP contribution is -2.39. The van der Waals surface area contributed by atoms with Crippen molar-refractivity contribution in [2.24, 2.45) is 11.8 Å². The largest absolute Gasteiger partial charge is 0.356 e. The van der Waals surface area contributed by atoms with Crippen LogP contribution in [0, 0.1) is 11.8 Å². The van der Waals surface area contributed by atoms with Crippen molar-refractivity contribution in [3.63, 3.8) is 0 Å². The Hall–Kier alpha value is -1.88. The number of benzene rings is 1. The minimum atomic E-state index is -0.153. The van der Waals surface area contributed by atoms with Crippen LogP contribution in [0.15, 0.2) is 30.3 Å². The zero-order valence-corrected chi connectivity index (χ0v) is 19.6. The summed E-state index contributed by atoms with van der Waals surface area (Å²) in [4.78, 5) is 29.7. The monoisotopic (exact) mass is 439 g/mol. The molecule has 0 unspecified atom stereocenters. The van der Waals surface area contributed by atoms with E-state index in [0.717, 1.165) is 38.3 Å². The van der Waals surface area contributed by atoms with E-state index >= 15 is 0 Å². The van der Waals surface area contributed by atoms with E-state index < -0.39 is 0 Å². The van der Waals surface area contributed by atoms with Crippen molar-refractivity contribution in [1.82, 2.24) is 15.1 Å². The Kier molecular flexibility index (Phi) is 8.61. The maximum atomic E-state index is 12.7. The molecule has 1 aromatic carbocycles. The van der Waals surface area contributed by atoms with Gasteiger partial charge in [-0.2, -0.15) is 0 Å². The van der Waals surface area contributed by atoms with Gasteiger partial charge in [-0.05, 0) is 69.6 Å². The Balaban J connectivity index is 1.10. The molecule has 2 heterocycles. The molecule has 5 heteroatoms. The maximum absolute atomic E-state index is 12.7. The average Bonchev–Trinajstić information content (AvgIpc) is 3.02. The van der Waals surface area contributed by atoms with E-state index in [0.29, 0.717) is 19.0 Å². The summed E-state index contributed by atoms with van der Waals surface area (Å²) in [6.45, 7) is 4.73. The van der Waals surface area contributed by atoms with Crippen LogP contribution in [0.5, 0.6) is 0 Å². The zero-order valence-electron chi connectivity index (χ0n) is 19.6. The number of hydrogen-bond acceptors (Lipinski definition) is 3. The van der Waals surface area contributed by atoms with Crippen LogP contribution in [0.2, 0.25) is 0 Å². The minimum Gasteiger partial charge on any atom is -0.356 e. The predicted molar refractivity (Wildman–Crippen MR) is 128 cm³/mol. The molecule has 2 amide bonds. The molecule has 3 fully saturated rings. The average molecular weight is 440 g/mol. The fraction of sp³-hybridized carbons (Fsp3) is 0.704.